The highest BCUT2D eigenvalue weighted by atomic mass is 32.2. The van der Waals surface area contributed by atoms with Gasteiger partial charge >= 0.3 is 5.97 Å². The number of amidine groups is 1. The molecule has 0 saturated carbocycles. The molecule has 1 saturated heterocycles. The maximum absolute atomic E-state index is 13.0. The van der Waals surface area contributed by atoms with Gasteiger partial charge in [0, 0.05) is 18.8 Å². The SMILES string of the molecule is COC(=O)C1=C(C)N=C2SC=C(CC(=O)N3CCC(C)CC3)N2C1c1ccccc1. The molecule has 1 aromatic carbocycles. The molecule has 0 bridgehead atoms. The van der Waals surface area contributed by atoms with Crippen molar-refractivity contribution in [3.8, 4) is 0 Å². The number of fused-ring (bicyclic) bond motifs is 1. The molecule has 1 fully saturated rings. The number of amides is 1. The van der Waals surface area contributed by atoms with Crippen molar-refractivity contribution in [3.63, 3.8) is 0 Å². The Morgan fingerprint density at radius 3 is 2.57 bits per heavy atom. The van der Waals surface area contributed by atoms with Gasteiger partial charge in [0.15, 0.2) is 5.17 Å². The minimum atomic E-state index is -0.392. The topological polar surface area (TPSA) is 62.2 Å². The number of ether oxygens (including phenoxy) is 1. The van der Waals surface area contributed by atoms with Gasteiger partial charge in [0.05, 0.1) is 30.8 Å². The van der Waals surface area contributed by atoms with E-state index in [1.165, 1.54) is 18.9 Å². The zero-order valence-electron chi connectivity index (χ0n) is 17.6. The fraction of sp³-hybridized carbons (Fsp3) is 0.435. The number of hydrogen-bond acceptors (Lipinski definition) is 6. The van der Waals surface area contributed by atoms with E-state index in [0.29, 0.717) is 23.6 Å². The molecule has 1 amide bonds. The first-order chi connectivity index (χ1) is 14.5. The summed E-state index contributed by atoms with van der Waals surface area (Å²) in [7, 11) is 1.39. The number of piperidine rings is 1. The summed E-state index contributed by atoms with van der Waals surface area (Å²) in [5.74, 6) is 0.416. The highest BCUT2D eigenvalue weighted by Crippen LogP contribution is 2.44. The third-order valence-corrected chi connectivity index (χ3v) is 6.88. The highest BCUT2D eigenvalue weighted by molar-refractivity contribution is 8.16. The minimum Gasteiger partial charge on any atom is -0.466 e. The van der Waals surface area contributed by atoms with Crippen molar-refractivity contribution in [2.24, 2.45) is 10.9 Å². The molecule has 6 nitrogen and oxygen atoms in total. The van der Waals surface area contributed by atoms with Crippen LogP contribution in [0.15, 0.2) is 57.7 Å². The summed E-state index contributed by atoms with van der Waals surface area (Å²) < 4.78 is 5.09. The lowest BCUT2D eigenvalue weighted by molar-refractivity contribution is -0.136. The molecule has 3 aliphatic heterocycles. The van der Waals surface area contributed by atoms with E-state index >= 15 is 0 Å². The van der Waals surface area contributed by atoms with Gasteiger partial charge in [-0.3, -0.25) is 4.79 Å². The quantitative estimate of drug-likeness (QED) is 0.680. The van der Waals surface area contributed by atoms with Crippen LogP contribution in [-0.2, 0) is 14.3 Å². The van der Waals surface area contributed by atoms with Crippen LogP contribution in [0.3, 0.4) is 0 Å². The van der Waals surface area contributed by atoms with Crippen molar-refractivity contribution in [2.45, 2.75) is 39.2 Å². The van der Waals surface area contributed by atoms with Gasteiger partial charge in [-0.05, 0) is 36.7 Å². The fourth-order valence-electron chi connectivity index (χ4n) is 4.22. The van der Waals surface area contributed by atoms with Crippen LogP contribution >= 0.6 is 11.8 Å². The number of aliphatic imine (C=N–C) groups is 1. The van der Waals surface area contributed by atoms with Crippen LogP contribution in [0.5, 0.6) is 0 Å². The summed E-state index contributed by atoms with van der Waals surface area (Å²) >= 11 is 1.50. The van der Waals surface area contributed by atoms with Crippen LogP contribution in [0.1, 0.15) is 44.7 Å². The highest BCUT2D eigenvalue weighted by Gasteiger charge is 2.41. The molecule has 1 unspecified atom stereocenters. The Morgan fingerprint density at radius 2 is 1.90 bits per heavy atom. The number of rotatable bonds is 4. The van der Waals surface area contributed by atoms with Crippen LogP contribution in [0.4, 0.5) is 0 Å². The molecule has 0 N–H and O–H groups in total. The largest absolute Gasteiger partial charge is 0.466 e. The second-order valence-electron chi connectivity index (χ2n) is 8.04. The Labute approximate surface area is 181 Å². The van der Waals surface area contributed by atoms with Crippen molar-refractivity contribution in [1.29, 1.82) is 0 Å². The van der Waals surface area contributed by atoms with E-state index in [1.54, 1.807) is 0 Å². The van der Waals surface area contributed by atoms with E-state index in [2.05, 4.69) is 11.9 Å². The fourth-order valence-corrected chi connectivity index (χ4v) is 5.18. The lowest BCUT2D eigenvalue weighted by Gasteiger charge is -2.37. The summed E-state index contributed by atoms with van der Waals surface area (Å²) in [6.45, 7) is 5.71. The van der Waals surface area contributed by atoms with Gasteiger partial charge in [0.2, 0.25) is 5.91 Å². The average molecular weight is 426 g/mol. The molecule has 1 aromatic rings. The third kappa shape index (κ3) is 3.90. The summed E-state index contributed by atoms with van der Waals surface area (Å²) in [5, 5.41) is 2.79. The number of nitrogens with zero attached hydrogens (tertiary/aromatic N) is 3. The zero-order chi connectivity index (χ0) is 21.3. The van der Waals surface area contributed by atoms with Crippen LogP contribution in [0.25, 0.3) is 0 Å². The maximum atomic E-state index is 13.0. The molecule has 1 atom stereocenters. The number of allylic oxidation sites excluding steroid dienone is 1. The van der Waals surface area contributed by atoms with Gasteiger partial charge in [0.1, 0.15) is 0 Å². The summed E-state index contributed by atoms with van der Waals surface area (Å²) in [5.41, 5.74) is 3.02. The first-order valence-electron chi connectivity index (χ1n) is 10.3. The normalized spacial score (nSPS) is 21.9. The number of benzene rings is 1. The van der Waals surface area contributed by atoms with Crippen LogP contribution in [-0.4, -0.2) is 47.0 Å². The minimum absolute atomic E-state index is 0.132. The lowest BCUT2D eigenvalue weighted by Crippen LogP contribution is -2.41. The number of carbonyl (C=O) groups excluding carboxylic acids is 2. The molecular weight excluding hydrogens is 398 g/mol. The predicted octanol–water partition coefficient (Wildman–Crippen LogP) is 4.08. The molecule has 7 heteroatoms. The smallest absolute Gasteiger partial charge is 0.338 e. The molecule has 3 heterocycles. The van der Waals surface area contributed by atoms with Gasteiger partial charge in [-0.15, -0.1) is 0 Å². The molecule has 4 rings (SSSR count). The lowest BCUT2D eigenvalue weighted by atomic mass is 9.94. The Kier molecular flexibility index (Phi) is 5.99. The number of thioether (sulfide) groups is 1. The number of likely N-dealkylation sites (tertiary alicyclic amines) is 1. The van der Waals surface area contributed by atoms with Crippen LogP contribution in [0.2, 0.25) is 0 Å². The van der Waals surface area contributed by atoms with Gasteiger partial charge in [-0.2, -0.15) is 0 Å². The van der Waals surface area contributed by atoms with Gasteiger partial charge in [0.25, 0.3) is 0 Å². The second-order valence-corrected chi connectivity index (χ2v) is 8.87. The average Bonchev–Trinajstić information content (AvgIpc) is 3.15. The second kappa shape index (κ2) is 8.68. The molecule has 30 heavy (non-hydrogen) atoms. The summed E-state index contributed by atoms with van der Waals surface area (Å²) in [4.78, 5) is 34.4. The molecule has 0 aliphatic carbocycles. The third-order valence-electron chi connectivity index (χ3n) is 5.99. The summed E-state index contributed by atoms with van der Waals surface area (Å²) in [6.07, 6.45) is 2.41. The molecular formula is C23H27N3O3S. The predicted molar refractivity (Wildman–Crippen MR) is 118 cm³/mol. The Hall–Kier alpha value is -2.54. The number of hydrogen-bond donors (Lipinski definition) is 0. The molecule has 0 spiro atoms. The van der Waals surface area contributed by atoms with Gasteiger partial charge < -0.3 is 14.5 Å². The molecule has 3 aliphatic rings. The standard InChI is InChI=1S/C23H27N3O3S/c1-15-9-11-25(12-10-15)19(27)13-18-14-30-23-24-16(2)20(22(28)29-3)21(26(18)23)17-7-5-4-6-8-17/h4-8,14-15,21H,9-13H2,1-3H3. The van der Waals surface area contributed by atoms with Crippen molar-refractivity contribution in [1.82, 2.24) is 9.80 Å². The zero-order valence-corrected chi connectivity index (χ0v) is 18.4. The molecule has 158 valence electrons. The Bertz CT molecular complexity index is 930. The van der Waals surface area contributed by atoms with Crippen LogP contribution in [0, 0.1) is 5.92 Å². The van der Waals surface area contributed by atoms with Crippen molar-refractivity contribution >= 4 is 28.8 Å². The maximum Gasteiger partial charge on any atom is 0.338 e. The molecule has 0 radical (unpaired) electrons. The number of carbonyl (C=O) groups is 2. The van der Waals surface area contributed by atoms with Crippen molar-refractivity contribution in [3.05, 3.63) is 58.3 Å². The van der Waals surface area contributed by atoms with E-state index in [-0.39, 0.29) is 11.9 Å². The molecule has 0 aromatic heterocycles. The van der Waals surface area contributed by atoms with E-state index in [9.17, 15) is 9.59 Å². The van der Waals surface area contributed by atoms with E-state index < -0.39 is 5.97 Å². The van der Waals surface area contributed by atoms with E-state index in [4.69, 9.17) is 4.74 Å². The monoisotopic (exact) mass is 425 g/mol. The van der Waals surface area contributed by atoms with E-state index in [1.807, 2.05) is 52.5 Å². The summed E-state index contributed by atoms with van der Waals surface area (Å²) in [6, 6.07) is 9.50. The Balaban J connectivity index is 1.64. The van der Waals surface area contributed by atoms with Crippen LogP contribution < -0.4 is 0 Å². The van der Waals surface area contributed by atoms with Crippen molar-refractivity contribution in [2.75, 3.05) is 20.2 Å². The van der Waals surface area contributed by atoms with Gasteiger partial charge in [-0.1, -0.05) is 49.0 Å². The first-order valence-corrected chi connectivity index (χ1v) is 11.2. The number of esters is 1. The first kappa shape index (κ1) is 20.7. The van der Waals surface area contributed by atoms with Gasteiger partial charge in [-0.25, -0.2) is 9.79 Å². The number of methoxy groups -OCH3 is 1. The van der Waals surface area contributed by atoms with Crippen molar-refractivity contribution < 1.29 is 14.3 Å². The Morgan fingerprint density at radius 1 is 1.20 bits per heavy atom. The van der Waals surface area contributed by atoms with E-state index in [0.717, 1.165) is 42.4 Å².